The molecule has 5 nitrogen and oxygen atoms in total. The minimum absolute atomic E-state index is 0.368. The van der Waals surface area contributed by atoms with E-state index in [-0.39, 0.29) is 0 Å². The van der Waals surface area contributed by atoms with E-state index in [1.54, 1.807) is 0 Å². The van der Waals surface area contributed by atoms with Crippen LogP contribution < -0.4 is 0 Å². The van der Waals surface area contributed by atoms with Crippen LogP contribution in [0.4, 0.5) is 0 Å². The van der Waals surface area contributed by atoms with Crippen molar-refractivity contribution in [1.82, 2.24) is 4.90 Å². The van der Waals surface area contributed by atoms with Gasteiger partial charge in [-0.15, -0.1) is 0 Å². The van der Waals surface area contributed by atoms with Crippen LogP contribution in [-0.4, -0.2) is 62.0 Å². The molecule has 1 unspecified atom stereocenters. The molecule has 2 saturated heterocycles. The molecular formula is C11H19NO4. The molecule has 0 bridgehead atoms. The second-order valence-corrected chi connectivity index (χ2v) is 4.59. The molecule has 2 aliphatic heterocycles. The van der Waals surface area contributed by atoms with Crippen LogP contribution in [0.15, 0.2) is 0 Å². The van der Waals surface area contributed by atoms with Gasteiger partial charge in [-0.05, 0) is 19.4 Å². The highest BCUT2D eigenvalue weighted by Crippen LogP contribution is 2.33. The van der Waals surface area contributed by atoms with Crippen molar-refractivity contribution in [2.75, 3.05) is 46.1 Å². The summed E-state index contributed by atoms with van der Waals surface area (Å²) >= 11 is 0. The maximum absolute atomic E-state index is 11.3. The minimum atomic E-state index is -0.710. The number of hydrogen-bond donors (Lipinski definition) is 1. The highest BCUT2D eigenvalue weighted by molar-refractivity contribution is 5.75. The Labute approximate surface area is 95.3 Å². The van der Waals surface area contributed by atoms with E-state index in [2.05, 4.69) is 4.90 Å². The summed E-state index contributed by atoms with van der Waals surface area (Å²) in [7, 11) is 0. The largest absolute Gasteiger partial charge is 0.481 e. The fourth-order valence-electron chi connectivity index (χ4n) is 2.28. The Morgan fingerprint density at radius 2 is 2.00 bits per heavy atom. The molecule has 2 rings (SSSR count). The van der Waals surface area contributed by atoms with Crippen molar-refractivity contribution >= 4 is 5.97 Å². The van der Waals surface area contributed by atoms with Crippen molar-refractivity contribution in [3.63, 3.8) is 0 Å². The lowest BCUT2D eigenvalue weighted by Gasteiger charge is -2.30. The quantitative estimate of drug-likeness (QED) is 0.746. The lowest BCUT2D eigenvalue weighted by atomic mass is 9.83. The number of carbonyl (C=O) groups is 1. The van der Waals surface area contributed by atoms with E-state index in [4.69, 9.17) is 9.47 Å². The number of ether oxygens (including phenoxy) is 2. The third kappa shape index (κ3) is 2.53. The van der Waals surface area contributed by atoms with E-state index in [0.29, 0.717) is 26.1 Å². The summed E-state index contributed by atoms with van der Waals surface area (Å²) in [5, 5.41) is 9.27. The van der Waals surface area contributed by atoms with E-state index in [1.165, 1.54) is 0 Å². The maximum Gasteiger partial charge on any atom is 0.312 e. The van der Waals surface area contributed by atoms with Crippen molar-refractivity contribution in [1.29, 1.82) is 0 Å². The van der Waals surface area contributed by atoms with E-state index in [1.807, 2.05) is 0 Å². The first-order valence-electron chi connectivity index (χ1n) is 5.84. The highest BCUT2D eigenvalue weighted by Gasteiger charge is 2.42. The fourth-order valence-corrected chi connectivity index (χ4v) is 2.28. The van der Waals surface area contributed by atoms with Crippen LogP contribution in [0.2, 0.25) is 0 Å². The number of nitrogens with zero attached hydrogens (tertiary/aromatic N) is 1. The second kappa shape index (κ2) is 5.12. The van der Waals surface area contributed by atoms with Crippen LogP contribution >= 0.6 is 0 Å². The first kappa shape index (κ1) is 11.8. The number of hydrogen-bond acceptors (Lipinski definition) is 4. The third-order valence-electron chi connectivity index (χ3n) is 3.57. The summed E-state index contributed by atoms with van der Waals surface area (Å²) in [6.07, 6.45) is 1.33. The average Bonchev–Trinajstić information content (AvgIpc) is 2.78. The summed E-state index contributed by atoms with van der Waals surface area (Å²) in [5.74, 6) is -0.710. The van der Waals surface area contributed by atoms with Gasteiger partial charge in [0.25, 0.3) is 0 Å². The Hall–Kier alpha value is -0.650. The Kier molecular flexibility index (Phi) is 3.78. The van der Waals surface area contributed by atoms with E-state index in [9.17, 15) is 9.90 Å². The van der Waals surface area contributed by atoms with Gasteiger partial charge in [0.05, 0.1) is 25.2 Å². The van der Waals surface area contributed by atoms with E-state index < -0.39 is 11.4 Å². The van der Waals surface area contributed by atoms with Crippen LogP contribution in [0, 0.1) is 5.41 Å². The highest BCUT2D eigenvalue weighted by atomic mass is 16.5. The molecule has 0 amide bonds. The summed E-state index contributed by atoms with van der Waals surface area (Å²) in [6, 6.07) is 0. The predicted molar refractivity (Wildman–Crippen MR) is 57.4 cm³/mol. The van der Waals surface area contributed by atoms with E-state index in [0.717, 1.165) is 32.8 Å². The second-order valence-electron chi connectivity index (χ2n) is 4.59. The van der Waals surface area contributed by atoms with Gasteiger partial charge in [-0.3, -0.25) is 9.69 Å². The topological polar surface area (TPSA) is 59.0 Å². The zero-order chi connectivity index (χ0) is 11.4. The summed E-state index contributed by atoms with van der Waals surface area (Å²) in [6.45, 7) is 5.13. The fraction of sp³-hybridized carbons (Fsp3) is 0.909. The van der Waals surface area contributed by atoms with Crippen LogP contribution in [0.1, 0.15) is 12.8 Å². The van der Waals surface area contributed by atoms with Gasteiger partial charge in [-0.1, -0.05) is 0 Å². The van der Waals surface area contributed by atoms with Gasteiger partial charge in [0, 0.05) is 19.7 Å². The summed E-state index contributed by atoms with van der Waals surface area (Å²) < 4.78 is 10.5. The smallest absolute Gasteiger partial charge is 0.312 e. The zero-order valence-electron chi connectivity index (χ0n) is 9.48. The summed E-state index contributed by atoms with van der Waals surface area (Å²) in [5.41, 5.74) is -0.641. The van der Waals surface area contributed by atoms with Crippen molar-refractivity contribution in [3.8, 4) is 0 Å². The molecule has 5 heteroatoms. The van der Waals surface area contributed by atoms with Crippen LogP contribution in [0.25, 0.3) is 0 Å². The molecule has 2 fully saturated rings. The molecule has 0 aromatic rings. The van der Waals surface area contributed by atoms with Gasteiger partial charge in [-0.25, -0.2) is 0 Å². The number of carboxylic acids is 1. The first-order chi connectivity index (χ1) is 7.73. The molecule has 2 aliphatic rings. The molecule has 1 atom stereocenters. The standard InChI is InChI=1S/C11H19NO4/c13-10(14)11(2-6-16-9-11)1-3-12-4-7-15-8-5-12/h1-9H2,(H,13,14). The molecule has 16 heavy (non-hydrogen) atoms. The predicted octanol–water partition coefficient (Wildman–Crippen LogP) is 0.200. The lowest BCUT2D eigenvalue weighted by Crippen LogP contribution is -2.41. The molecule has 0 aromatic carbocycles. The molecule has 92 valence electrons. The van der Waals surface area contributed by atoms with Crippen molar-refractivity contribution in [2.24, 2.45) is 5.41 Å². The Bertz CT molecular complexity index is 244. The van der Waals surface area contributed by atoms with Crippen molar-refractivity contribution < 1.29 is 19.4 Å². The third-order valence-corrected chi connectivity index (χ3v) is 3.57. The lowest BCUT2D eigenvalue weighted by molar-refractivity contribution is -0.149. The maximum atomic E-state index is 11.3. The first-order valence-corrected chi connectivity index (χ1v) is 5.84. The molecule has 0 aliphatic carbocycles. The van der Waals surface area contributed by atoms with Gasteiger partial charge in [0.2, 0.25) is 0 Å². The number of aliphatic carboxylic acids is 1. The van der Waals surface area contributed by atoms with Crippen LogP contribution in [0.5, 0.6) is 0 Å². The monoisotopic (exact) mass is 229 g/mol. The van der Waals surface area contributed by atoms with Crippen molar-refractivity contribution in [3.05, 3.63) is 0 Å². The molecule has 0 spiro atoms. The van der Waals surface area contributed by atoms with Crippen LogP contribution in [0.3, 0.4) is 0 Å². The molecule has 0 radical (unpaired) electrons. The number of rotatable bonds is 4. The minimum Gasteiger partial charge on any atom is -0.481 e. The van der Waals surface area contributed by atoms with Gasteiger partial charge < -0.3 is 14.6 Å². The molecule has 1 N–H and O–H groups in total. The number of carboxylic acid groups (broad SMARTS) is 1. The Morgan fingerprint density at radius 1 is 1.25 bits per heavy atom. The molecule has 2 heterocycles. The zero-order valence-corrected chi connectivity index (χ0v) is 9.48. The Morgan fingerprint density at radius 3 is 2.56 bits per heavy atom. The number of morpholine rings is 1. The van der Waals surface area contributed by atoms with E-state index >= 15 is 0 Å². The van der Waals surface area contributed by atoms with Crippen molar-refractivity contribution in [2.45, 2.75) is 12.8 Å². The van der Waals surface area contributed by atoms with Gasteiger partial charge in [-0.2, -0.15) is 0 Å². The van der Waals surface area contributed by atoms with Crippen LogP contribution in [-0.2, 0) is 14.3 Å². The normalized spacial score (nSPS) is 31.8. The van der Waals surface area contributed by atoms with Gasteiger partial charge in [0.1, 0.15) is 0 Å². The Balaban J connectivity index is 1.84. The average molecular weight is 229 g/mol. The summed E-state index contributed by atoms with van der Waals surface area (Å²) in [4.78, 5) is 13.5. The van der Waals surface area contributed by atoms with Gasteiger partial charge >= 0.3 is 5.97 Å². The molecular weight excluding hydrogens is 210 g/mol. The SMILES string of the molecule is O=C(O)C1(CCN2CCOCC2)CCOC1. The molecule has 0 saturated carbocycles. The molecule has 0 aromatic heterocycles. The van der Waals surface area contributed by atoms with Gasteiger partial charge in [0.15, 0.2) is 0 Å².